The number of nitrogen functional groups attached to an aromatic ring is 1. The Hall–Kier alpha value is -1.62. The van der Waals surface area contributed by atoms with Crippen molar-refractivity contribution in [1.82, 2.24) is 4.98 Å². The lowest BCUT2D eigenvalue weighted by atomic mass is 9.94. The average Bonchev–Trinajstić information content (AvgIpc) is 2.04. The molecule has 5 N–H and O–H groups in total. The molecule has 1 heterocycles. The van der Waals surface area contributed by atoms with Gasteiger partial charge >= 0.3 is 5.97 Å². The van der Waals surface area contributed by atoms with Crippen molar-refractivity contribution in [3.8, 4) is 0 Å². The van der Waals surface area contributed by atoms with Gasteiger partial charge in [-0.1, -0.05) is 6.07 Å². The third-order valence-corrected chi connectivity index (χ3v) is 1.84. The Morgan fingerprint density at radius 2 is 2.31 bits per heavy atom. The second-order valence-electron chi connectivity index (χ2n) is 2.94. The van der Waals surface area contributed by atoms with Crippen LogP contribution in [0.1, 0.15) is 12.5 Å². The van der Waals surface area contributed by atoms with Crippen LogP contribution < -0.4 is 11.5 Å². The molecule has 0 fully saturated rings. The van der Waals surface area contributed by atoms with Gasteiger partial charge in [0.15, 0.2) is 0 Å². The Labute approximate surface area is 75.4 Å². The third-order valence-electron chi connectivity index (χ3n) is 1.84. The lowest BCUT2D eigenvalue weighted by Gasteiger charge is -2.20. The van der Waals surface area contributed by atoms with Gasteiger partial charge in [0.25, 0.3) is 0 Å². The summed E-state index contributed by atoms with van der Waals surface area (Å²) in [5, 5.41) is 8.81. The minimum atomic E-state index is -1.49. The number of carboxylic acids is 1. The molecule has 0 aromatic carbocycles. The van der Waals surface area contributed by atoms with Crippen LogP contribution in [0.5, 0.6) is 0 Å². The Morgan fingerprint density at radius 1 is 1.69 bits per heavy atom. The minimum absolute atomic E-state index is 0.148. The number of anilines is 1. The molecule has 13 heavy (non-hydrogen) atoms. The molecule has 1 aromatic heterocycles. The zero-order valence-corrected chi connectivity index (χ0v) is 7.19. The minimum Gasteiger partial charge on any atom is -0.480 e. The summed E-state index contributed by atoms with van der Waals surface area (Å²) in [5.74, 6) is -0.984. The van der Waals surface area contributed by atoms with Crippen LogP contribution in [-0.4, -0.2) is 16.1 Å². The van der Waals surface area contributed by atoms with E-state index in [9.17, 15) is 4.79 Å². The highest BCUT2D eigenvalue weighted by Crippen LogP contribution is 2.21. The van der Waals surface area contributed by atoms with E-state index in [1.807, 2.05) is 0 Å². The van der Waals surface area contributed by atoms with Gasteiger partial charge in [0.1, 0.15) is 11.4 Å². The molecule has 0 aliphatic rings. The predicted octanol–water partition coefficient (Wildman–Crippen LogP) is -0.0777. The van der Waals surface area contributed by atoms with Crippen molar-refractivity contribution in [2.45, 2.75) is 12.5 Å². The Balaban J connectivity index is 3.22. The molecular weight excluding hydrogens is 170 g/mol. The van der Waals surface area contributed by atoms with Crippen LogP contribution in [0.3, 0.4) is 0 Å². The first-order chi connectivity index (χ1) is 5.96. The number of pyridine rings is 1. The van der Waals surface area contributed by atoms with Gasteiger partial charge in [-0.25, -0.2) is 9.78 Å². The second-order valence-corrected chi connectivity index (χ2v) is 2.94. The molecule has 1 rings (SSSR count). The first-order valence-corrected chi connectivity index (χ1v) is 3.69. The zero-order chi connectivity index (χ0) is 10.1. The molecule has 5 nitrogen and oxygen atoms in total. The molecule has 0 aliphatic carbocycles. The number of nitrogens with zero attached hydrogens (tertiary/aromatic N) is 1. The number of nitrogens with two attached hydrogens (primary N) is 2. The summed E-state index contributed by atoms with van der Waals surface area (Å²) in [4.78, 5) is 14.5. The van der Waals surface area contributed by atoms with Crippen LogP contribution in [0.15, 0.2) is 18.3 Å². The highest BCUT2D eigenvalue weighted by molar-refractivity contribution is 5.81. The van der Waals surface area contributed by atoms with Gasteiger partial charge < -0.3 is 16.6 Å². The van der Waals surface area contributed by atoms with Crippen LogP contribution in [0, 0.1) is 0 Å². The molecule has 5 heteroatoms. The maximum Gasteiger partial charge on any atom is 0.328 e. The number of rotatable bonds is 2. The Kier molecular flexibility index (Phi) is 2.20. The number of hydrogen-bond donors (Lipinski definition) is 3. The summed E-state index contributed by atoms with van der Waals surface area (Å²) in [6.07, 6.45) is 1.48. The largest absolute Gasteiger partial charge is 0.480 e. The van der Waals surface area contributed by atoms with Gasteiger partial charge in [0, 0.05) is 11.8 Å². The van der Waals surface area contributed by atoms with E-state index in [0.29, 0.717) is 5.56 Å². The number of hydrogen-bond acceptors (Lipinski definition) is 4. The lowest BCUT2D eigenvalue weighted by molar-refractivity contribution is -0.143. The molecule has 70 valence electrons. The highest BCUT2D eigenvalue weighted by Gasteiger charge is 2.32. The van der Waals surface area contributed by atoms with Crippen molar-refractivity contribution in [3.63, 3.8) is 0 Å². The van der Waals surface area contributed by atoms with Crippen LogP contribution in [0.2, 0.25) is 0 Å². The molecular formula is C8H11N3O2. The summed E-state index contributed by atoms with van der Waals surface area (Å²) < 4.78 is 0. The second kappa shape index (κ2) is 3.02. The molecule has 1 aromatic rings. The van der Waals surface area contributed by atoms with Gasteiger partial charge in [-0.2, -0.15) is 0 Å². The quantitative estimate of drug-likeness (QED) is 0.592. The molecule has 0 aliphatic heterocycles. The Bertz CT molecular complexity index is 336. The maximum atomic E-state index is 10.8. The van der Waals surface area contributed by atoms with Gasteiger partial charge in [-0.3, -0.25) is 0 Å². The summed E-state index contributed by atoms with van der Waals surface area (Å²) in [5.41, 5.74) is 9.89. The van der Waals surface area contributed by atoms with Crippen molar-refractivity contribution < 1.29 is 9.90 Å². The summed E-state index contributed by atoms with van der Waals surface area (Å²) in [6, 6.07) is 3.15. The van der Waals surface area contributed by atoms with Crippen LogP contribution in [-0.2, 0) is 10.3 Å². The average molecular weight is 181 g/mol. The van der Waals surface area contributed by atoms with Crippen LogP contribution in [0.4, 0.5) is 5.82 Å². The molecule has 1 atom stereocenters. The maximum absolute atomic E-state index is 10.8. The van der Waals surface area contributed by atoms with E-state index in [0.717, 1.165) is 0 Å². The van der Waals surface area contributed by atoms with Crippen molar-refractivity contribution >= 4 is 11.8 Å². The molecule has 0 radical (unpaired) electrons. The molecule has 0 amide bonds. The third kappa shape index (κ3) is 1.59. The number of aromatic nitrogens is 1. The summed E-state index contributed by atoms with van der Waals surface area (Å²) in [6.45, 7) is 1.38. The fourth-order valence-corrected chi connectivity index (χ4v) is 0.972. The number of aliphatic carboxylic acids is 1. The van der Waals surface area contributed by atoms with Crippen LogP contribution >= 0.6 is 0 Å². The van der Waals surface area contributed by atoms with E-state index in [1.54, 1.807) is 12.1 Å². The smallest absolute Gasteiger partial charge is 0.328 e. The van der Waals surface area contributed by atoms with E-state index < -0.39 is 11.5 Å². The van der Waals surface area contributed by atoms with E-state index >= 15 is 0 Å². The van der Waals surface area contributed by atoms with Crippen molar-refractivity contribution in [1.29, 1.82) is 0 Å². The van der Waals surface area contributed by atoms with Crippen molar-refractivity contribution in [2.24, 2.45) is 5.73 Å². The Morgan fingerprint density at radius 3 is 2.77 bits per heavy atom. The highest BCUT2D eigenvalue weighted by atomic mass is 16.4. The fraction of sp³-hybridized carbons (Fsp3) is 0.250. The van der Waals surface area contributed by atoms with Gasteiger partial charge in [0.2, 0.25) is 0 Å². The topological polar surface area (TPSA) is 102 Å². The fourth-order valence-electron chi connectivity index (χ4n) is 0.972. The molecule has 0 bridgehead atoms. The van der Waals surface area contributed by atoms with Crippen LogP contribution in [0.25, 0.3) is 0 Å². The zero-order valence-electron chi connectivity index (χ0n) is 7.19. The molecule has 0 saturated carbocycles. The number of carboxylic acid groups (broad SMARTS) is 1. The molecule has 0 saturated heterocycles. The predicted molar refractivity (Wildman–Crippen MR) is 47.8 cm³/mol. The van der Waals surface area contributed by atoms with E-state index in [4.69, 9.17) is 16.6 Å². The monoisotopic (exact) mass is 181 g/mol. The molecule has 0 spiro atoms. The normalized spacial score (nSPS) is 14.9. The van der Waals surface area contributed by atoms with Gasteiger partial charge in [-0.15, -0.1) is 0 Å². The summed E-state index contributed by atoms with van der Waals surface area (Å²) in [7, 11) is 0. The van der Waals surface area contributed by atoms with E-state index in [2.05, 4.69) is 4.98 Å². The summed E-state index contributed by atoms with van der Waals surface area (Å²) >= 11 is 0. The first-order valence-electron chi connectivity index (χ1n) is 3.69. The van der Waals surface area contributed by atoms with Gasteiger partial charge in [0.05, 0.1) is 0 Å². The number of carbonyl (C=O) groups is 1. The van der Waals surface area contributed by atoms with E-state index in [-0.39, 0.29) is 5.82 Å². The molecule has 1 unspecified atom stereocenters. The lowest BCUT2D eigenvalue weighted by Crippen LogP contribution is -2.42. The van der Waals surface area contributed by atoms with Gasteiger partial charge in [-0.05, 0) is 13.0 Å². The van der Waals surface area contributed by atoms with Crippen molar-refractivity contribution in [3.05, 3.63) is 23.9 Å². The first kappa shape index (κ1) is 9.47. The SMILES string of the molecule is CC(N)(C(=O)O)c1cccnc1N. The van der Waals surface area contributed by atoms with E-state index in [1.165, 1.54) is 13.1 Å². The standard InChI is InChI=1S/C8H11N3O2/c1-8(10,7(12)13)5-3-2-4-11-6(5)9/h2-4H,10H2,1H3,(H2,9,11)(H,12,13). The van der Waals surface area contributed by atoms with Crippen molar-refractivity contribution in [2.75, 3.05) is 5.73 Å².